The van der Waals surface area contributed by atoms with Gasteiger partial charge in [0.1, 0.15) is 6.61 Å². The first kappa shape index (κ1) is 23.4. The summed E-state index contributed by atoms with van der Waals surface area (Å²) in [6, 6.07) is 1.73. The van der Waals surface area contributed by atoms with Crippen LogP contribution in [-0.2, 0) is 9.53 Å². The predicted octanol–water partition coefficient (Wildman–Crippen LogP) is 2.12. The van der Waals surface area contributed by atoms with Crippen molar-refractivity contribution < 1.29 is 11.0 Å². The first-order valence-corrected chi connectivity index (χ1v) is 12.4. The summed E-state index contributed by atoms with van der Waals surface area (Å²) >= 11 is 0. The van der Waals surface area contributed by atoms with Gasteiger partial charge in [0.15, 0.2) is 0 Å². The molecule has 0 radical (unpaired) electrons. The number of piperidine rings is 1. The number of hydrogen-bond acceptors (Lipinski definition) is 7. The SMILES string of the molecule is COCC(=O)NCCCN1CCC(c2cnc(N3C4CCC3CN(C(C)C)C4)nc2)CC1.[HH]. The van der Waals surface area contributed by atoms with Crippen molar-refractivity contribution in [3.8, 4) is 0 Å². The summed E-state index contributed by atoms with van der Waals surface area (Å²) in [5.74, 6) is 1.44. The van der Waals surface area contributed by atoms with Gasteiger partial charge in [0.25, 0.3) is 0 Å². The van der Waals surface area contributed by atoms with Crippen LogP contribution in [0.4, 0.5) is 5.95 Å². The second-order valence-electron chi connectivity index (χ2n) is 9.91. The number of aromatic nitrogens is 2. The molecule has 1 aromatic heterocycles. The van der Waals surface area contributed by atoms with E-state index in [9.17, 15) is 4.79 Å². The van der Waals surface area contributed by atoms with Gasteiger partial charge in [-0.15, -0.1) is 0 Å². The average molecular weight is 447 g/mol. The van der Waals surface area contributed by atoms with Crippen LogP contribution in [0.25, 0.3) is 0 Å². The smallest absolute Gasteiger partial charge is 0.245 e. The molecule has 1 amide bonds. The highest BCUT2D eigenvalue weighted by molar-refractivity contribution is 5.77. The van der Waals surface area contributed by atoms with Crippen molar-refractivity contribution in [2.24, 2.45) is 0 Å². The highest BCUT2D eigenvalue weighted by atomic mass is 16.5. The maximum atomic E-state index is 11.4. The van der Waals surface area contributed by atoms with Crippen LogP contribution in [0.2, 0.25) is 0 Å². The highest BCUT2D eigenvalue weighted by Crippen LogP contribution is 2.34. The van der Waals surface area contributed by atoms with Crippen molar-refractivity contribution in [2.75, 3.05) is 57.9 Å². The van der Waals surface area contributed by atoms with Crippen LogP contribution in [-0.4, -0.2) is 96.8 Å². The molecule has 3 saturated heterocycles. The van der Waals surface area contributed by atoms with Crippen molar-refractivity contribution in [2.45, 2.75) is 70.0 Å². The summed E-state index contributed by atoms with van der Waals surface area (Å²) in [6.45, 7) is 10.9. The summed E-state index contributed by atoms with van der Waals surface area (Å²) in [7, 11) is 1.54. The standard InChI is InChI=1S/C24H40N6O2.H2/c1-18(2)29-15-21-5-6-22(16-29)30(21)24-26-13-20(14-27-24)19-7-11-28(12-8-19)10-4-9-25-23(31)17-32-3;/h13-14,18-19,21-22H,4-12,15-17H2,1-3H3,(H,25,31);1H. The number of methoxy groups -OCH3 is 1. The van der Waals surface area contributed by atoms with E-state index in [4.69, 9.17) is 14.7 Å². The zero-order valence-corrected chi connectivity index (χ0v) is 20.0. The molecule has 0 aromatic carbocycles. The Morgan fingerprint density at radius 1 is 1.16 bits per heavy atom. The summed E-state index contributed by atoms with van der Waals surface area (Å²) in [5.41, 5.74) is 1.29. The average Bonchev–Trinajstić information content (AvgIpc) is 3.06. The van der Waals surface area contributed by atoms with Gasteiger partial charge >= 0.3 is 0 Å². The molecule has 0 spiro atoms. The van der Waals surface area contributed by atoms with Crippen molar-refractivity contribution >= 4 is 11.9 Å². The Hall–Kier alpha value is -1.77. The third-order valence-corrected chi connectivity index (χ3v) is 7.44. The van der Waals surface area contributed by atoms with E-state index in [0.29, 0.717) is 30.6 Å². The topological polar surface area (TPSA) is 73.8 Å². The zero-order chi connectivity index (χ0) is 22.5. The number of anilines is 1. The molecular formula is C24H42N6O2. The normalized spacial score (nSPS) is 24.9. The van der Waals surface area contributed by atoms with Crippen LogP contribution in [0.3, 0.4) is 0 Å². The monoisotopic (exact) mass is 446 g/mol. The van der Waals surface area contributed by atoms with E-state index >= 15 is 0 Å². The van der Waals surface area contributed by atoms with Gasteiger partial charge < -0.3 is 19.9 Å². The minimum atomic E-state index is -0.0375. The van der Waals surface area contributed by atoms with Crippen LogP contribution >= 0.6 is 0 Å². The fraction of sp³-hybridized carbons (Fsp3) is 0.792. The summed E-state index contributed by atoms with van der Waals surface area (Å²) in [6.07, 6.45) is 9.96. The molecule has 0 aliphatic carbocycles. The van der Waals surface area contributed by atoms with E-state index in [2.05, 4.69) is 46.3 Å². The molecule has 1 N–H and O–H groups in total. The Morgan fingerprint density at radius 3 is 2.41 bits per heavy atom. The van der Waals surface area contributed by atoms with Crippen molar-refractivity contribution in [1.29, 1.82) is 0 Å². The maximum Gasteiger partial charge on any atom is 0.245 e. The number of nitrogens with one attached hydrogen (secondary N) is 1. The molecular weight excluding hydrogens is 404 g/mol. The van der Waals surface area contributed by atoms with Crippen LogP contribution < -0.4 is 10.2 Å². The second-order valence-corrected chi connectivity index (χ2v) is 9.91. The van der Waals surface area contributed by atoms with Gasteiger partial charge in [-0.3, -0.25) is 9.69 Å². The second kappa shape index (κ2) is 10.9. The predicted molar refractivity (Wildman–Crippen MR) is 128 cm³/mol. The maximum absolute atomic E-state index is 11.4. The molecule has 3 aliphatic rings. The molecule has 2 atom stereocenters. The van der Waals surface area contributed by atoms with E-state index in [0.717, 1.165) is 57.9 Å². The van der Waals surface area contributed by atoms with E-state index in [1.165, 1.54) is 18.4 Å². The van der Waals surface area contributed by atoms with Gasteiger partial charge in [0.2, 0.25) is 11.9 Å². The largest absolute Gasteiger partial charge is 0.375 e. The lowest BCUT2D eigenvalue weighted by atomic mass is 9.91. The van der Waals surface area contributed by atoms with Crippen molar-refractivity contribution in [3.63, 3.8) is 0 Å². The molecule has 3 aliphatic heterocycles. The third-order valence-electron chi connectivity index (χ3n) is 7.44. The van der Waals surface area contributed by atoms with Gasteiger partial charge in [0, 0.05) is 58.7 Å². The Morgan fingerprint density at radius 2 is 1.81 bits per heavy atom. The number of piperazine rings is 1. The number of carbonyl (C=O) groups excluding carboxylic acids is 1. The Labute approximate surface area is 194 Å². The van der Waals surface area contributed by atoms with E-state index in [1.807, 2.05) is 0 Å². The lowest BCUT2D eigenvalue weighted by molar-refractivity contribution is -0.124. The van der Waals surface area contributed by atoms with Gasteiger partial charge in [-0.1, -0.05) is 0 Å². The number of fused-ring (bicyclic) bond motifs is 2. The number of amides is 1. The van der Waals surface area contributed by atoms with E-state index < -0.39 is 0 Å². The molecule has 3 fully saturated rings. The van der Waals surface area contributed by atoms with E-state index in [-0.39, 0.29) is 13.9 Å². The summed E-state index contributed by atoms with van der Waals surface area (Å²) < 4.78 is 4.84. The van der Waals surface area contributed by atoms with Crippen molar-refractivity contribution in [3.05, 3.63) is 18.0 Å². The lowest BCUT2D eigenvalue weighted by Crippen LogP contribution is -2.56. The van der Waals surface area contributed by atoms with Crippen LogP contribution in [0.1, 0.15) is 58.9 Å². The molecule has 32 heavy (non-hydrogen) atoms. The van der Waals surface area contributed by atoms with Crippen LogP contribution in [0.5, 0.6) is 0 Å². The quantitative estimate of drug-likeness (QED) is 0.583. The van der Waals surface area contributed by atoms with Gasteiger partial charge in [0.05, 0.1) is 0 Å². The number of rotatable bonds is 9. The third kappa shape index (κ3) is 5.58. The number of hydrogen-bond donors (Lipinski definition) is 1. The summed E-state index contributed by atoms with van der Waals surface area (Å²) in [4.78, 5) is 28.7. The number of likely N-dealkylation sites (tertiary alicyclic amines) is 2. The fourth-order valence-corrected chi connectivity index (χ4v) is 5.56. The Balaban J connectivity index is 0.00000306. The van der Waals surface area contributed by atoms with Gasteiger partial charge in [-0.25, -0.2) is 9.97 Å². The zero-order valence-electron chi connectivity index (χ0n) is 20.0. The molecule has 8 heteroatoms. The van der Waals surface area contributed by atoms with E-state index in [1.54, 1.807) is 7.11 Å². The number of nitrogens with zero attached hydrogens (tertiary/aromatic N) is 5. The van der Waals surface area contributed by atoms with Gasteiger partial charge in [-0.05, 0) is 77.1 Å². The number of ether oxygens (including phenoxy) is 1. The molecule has 2 bridgehead atoms. The fourth-order valence-electron chi connectivity index (χ4n) is 5.56. The summed E-state index contributed by atoms with van der Waals surface area (Å²) in [5, 5.41) is 2.89. The van der Waals surface area contributed by atoms with Crippen molar-refractivity contribution in [1.82, 2.24) is 25.1 Å². The highest BCUT2D eigenvalue weighted by Gasteiger charge is 2.41. The molecule has 0 saturated carbocycles. The molecule has 2 unspecified atom stereocenters. The molecule has 180 valence electrons. The van der Waals surface area contributed by atoms with Crippen LogP contribution in [0.15, 0.2) is 12.4 Å². The molecule has 4 heterocycles. The lowest BCUT2D eigenvalue weighted by Gasteiger charge is -2.42. The Kier molecular flexibility index (Phi) is 7.97. The molecule has 4 rings (SSSR count). The Bertz CT molecular complexity index is 727. The number of carbonyl (C=O) groups is 1. The van der Waals surface area contributed by atoms with Gasteiger partial charge in [-0.2, -0.15) is 0 Å². The molecule has 1 aromatic rings. The first-order chi connectivity index (χ1) is 15.5. The molecule has 8 nitrogen and oxygen atoms in total. The minimum absolute atomic E-state index is 0. The van der Waals surface area contributed by atoms with Crippen LogP contribution in [0, 0.1) is 0 Å². The minimum Gasteiger partial charge on any atom is -0.375 e. The first-order valence-electron chi connectivity index (χ1n) is 12.4.